The van der Waals surface area contributed by atoms with E-state index in [1.165, 1.54) is 0 Å². The largest absolute Gasteiger partial charge is 0.392 e. The van der Waals surface area contributed by atoms with Gasteiger partial charge in [-0.05, 0) is 19.6 Å². The molecule has 0 spiro atoms. The fourth-order valence-electron chi connectivity index (χ4n) is 1.94. The second kappa shape index (κ2) is 7.24. The van der Waals surface area contributed by atoms with Gasteiger partial charge in [0.05, 0.1) is 11.4 Å². The molecule has 17 heavy (non-hydrogen) atoms. The molecule has 0 saturated carbocycles. The Morgan fingerprint density at radius 2 is 1.94 bits per heavy atom. The zero-order valence-corrected chi connectivity index (χ0v) is 11.9. The second-order valence-electron chi connectivity index (χ2n) is 4.57. The number of aliphatic hydroxyl groups excluding tert-OH is 1. The van der Waals surface area contributed by atoms with Crippen LogP contribution in [0.5, 0.6) is 0 Å². The summed E-state index contributed by atoms with van der Waals surface area (Å²) in [6, 6.07) is 0. The molecular formula is C12H24N2O2S. The summed E-state index contributed by atoms with van der Waals surface area (Å²) in [7, 11) is 0. The van der Waals surface area contributed by atoms with Gasteiger partial charge < -0.3 is 10.0 Å². The van der Waals surface area contributed by atoms with Crippen LogP contribution in [-0.2, 0) is 4.79 Å². The van der Waals surface area contributed by atoms with Gasteiger partial charge in [-0.3, -0.25) is 9.69 Å². The van der Waals surface area contributed by atoms with Crippen molar-refractivity contribution in [3.63, 3.8) is 0 Å². The SMILES string of the molecule is CC[C@@H](O)CN1CCN(C(=O)[C@@H](C)SC)CC1. The van der Waals surface area contributed by atoms with Gasteiger partial charge in [-0.2, -0.15) is 11.8 Å². The number of thioether (sulfide) groups is 1. The fourth-order valence-corrected chi connectivity index (χ4v) is 2.29. The van der Waals surface area contributed by atoms with E-state index in [0.29, 0.717) is 0 Å². The molecule has 0 aliphatic carbocycles. The Balaban J connectivity index is 2.33. The number of aliphatic hydroxyl groups is 1. The van der Waals surface area contributed by atoms with Crippen LogP contribution in [0.3, 0.4) is 0 Å². The Morgan fingerprint density at radius 1 is 1.35 bits per heavy atom. The van der Waals surface area contributed by atoms with Gasteiger partial charge in [0.2, 0.25) is 5.91 Å². The van der Waals surface area contributed by atoms with Crippen molar-refractivity contribution < 1.29 is 9.90 Å². The molecule has 2 atom stereocenters. The molecule has 0 aromatic rings. The molecule has 1 rings (SSSR count). The van der Waals surface area contributed by atoms with E-state index in [9.17, 15) is 9.90 Å². The third kappa shape index (κ3) is 4.48. The van der Waals surface area contributed by atoms with Gasteiger partial charge in [-0.1, -0.05) is 6.92 Å². The summed E-state index contributed by atoms with van der Waals surface area (Å²) < 4.78 is 0. The molecule has 5 heteroatoms. The maximum Gasteiger partial charge on any atom is 0.235 e. The first-order valence-electron chi connectivity index (χ1n) is 6.30. The molecule has 1 saturated heterocycles. The predicted octanol–water partition coefficient (Wildman–Crippen LogP) is 0.653. The lowest BCUT2D eigenvalue weighted by molar-refractivity contribution is -0.132. The first kappa shape index (κ1) is 14.8. The number of nitrogens with zero attached hydrogens (tertiary/aromatic N) is 2. The van der Waals surface area contributed by atoms with Crippen molar-refractivity contribution >= 4 is 17.7 Å². The molecule has 1 aliphatic heterocycles. The van der Waals surface area contributed by atoms with Crippen LogP contribution >= 0.6 is 11.8 Å². The summed E-state index contributed by atoms with van der Waals surface area (Å²) in [5.74, 6) is 0.244. The number of hydrogen-bond acceptors (Lipinski definition) is 4. The van der Waals surface area contributed by atoms with E-state index in [-0.39, 0.29) is 17.3 Å². The smallest absolute Gasteiger partial charge is 0.235 e. The molecule has 1 N–H and O–H groups in total. The van der Waals surface area contributed by atoms with E-state index in [2.05, 4.69) is 4.90 Å². The van der Waals surface area contributed by atoms with E-state index in [4.69, 9.17) is 0 Å². The van der Waals surface area contributed by atoms with Crippen LogP contribution in [0.1, 0.15) is 20.3 Å². The summed E-state index contributed by atoms with van der Waals surface area (Å²) in [5, 5.41) is 9.64. The molecule has 1 aliphatic rings. The lowest BCUT2D eigenvalue weighted by atomic mass is 10.2. The van der Waals surface area contributed by atoms with Gasteiger partial charge in [-0.15, -0.1) is 0 Å². The van der Waals surface area contributed by atoms with Crippen molar-refractivity contribution in [3.8, 4) is 0 Å². The molecule has 100 valence electrons. The van der Waals surface area contributed by atoms with E-state index < -0.39 is 0 Å². The monoisotopic (exact) mass is 260 g/mol. The average Bonchev–Trinajstić information content (AvgIpc) is 2.37. The predicted molar refractivity (Wildman–Crippen MR) is 72.3 cm³/mol. The van der Waals surface area contributed by atoms with Gasteiger partial charge >= 0.3 is 0 Å². The molecule has 1 heterocycles. The summed E-state index contributed by atoms with van der Waals surface area (Å²) >= 11 is 1.60. The van der Waals surface area contributed by atoms with E-state index in [1.54, 1.807) is 11.8 Å². The van der Waals surface area contributed by atoms with Crippen LogP contribution in [0.4, 0.5) is 0 Å². The van der Waals surface area contributed by atoms with Gasteiger partial charge in [0, 0.05) is 32.7 Å². The molecule has 0 unspecified atom stereocenters. The third-order valence-corrected chi connectivity index (χ3v) is 4.23. The highest BCUT2D eigenvalue weighted by molar-refractivity contribution is 7.99. The van der Waals surface area contributed by atoms with E-state index in [1.807, 2.05) is 25.0 Å². The summed E-state index contributed by atoms with van der Waals surface area (Å²) in [5.41, 5.74) is 0. The molecule has 1 amide bonds. The Hall–Kier alpha value is -0.260. The van der Waals surface area contributed by atoms with Crippen molar-refractivity contribution in [1.29, 1.82) is 0 Å². The highest BCUT2D eigenvalue weighted by Crippen LogP contribution is 2.12. The molecular weight excluding hydrogens is 236 g/mol. The molecule has 0 aromatic heterocycles. The van der Waals surface area contributed by atoms with Gasteiger partial charge in [0.25, 0.3) is 0 Å². The fraction of sp³-hybridized carbons (Fsp3) is 0.917. The normalized spacial score (nSPS) is 21.3. The van der Waals surface area contributed by atoms with Crippen LogP contribution < -0.4 is 0 Å². The zero-order chi connectivity index (χ0) is 12.8. The van der Waals surface area contributed by atoms with Crippen LogP contribution in [-0.4, -0.2) is 71.1 Å². The number of piperazine rings is 1. The summed E-state index contributed by atoms with van der Waals surface area (Å²) in [4.78, 5) is 16.1. The van der Waals surface area contributed by atoms with Gasteiger partial charge in [0.15, 0.2) is 0 Å². The van der Waals surface area contributed by atoms with Gasteiger partial charge in [-0.25, -0.2) is 0 Å². The maximum absolute atomic E-state index is 12.0. The highest BCUT2D eigenvalue weighted by atomic mass is 32.2. The van der Waals surface area contributed by atoms with Crippen molar-refractivity contribution in [2.24, 2.45) is 0 Å². The summed E-state index contributed by atoms with van der Waals surface area (Å²) in [6.07, 6.45) is 2.53. The number of hydrogen-bond donors (Lipinski definition) is 1. The Labute approximate surface area is 108 Å². The highest BCUT2D eigenvalue weighted by Gasteiger charge is 2.24. The number of carbonyl (C=O) groups is 1. The lowest BCUT2D eigenvalue weighted by Crippen LogP contribution is -2.51. The standard InChI is InChI=1S/C12H24N2O2S/c1-4-11(15)9-13-5-7-14(8-6-13)12(16)10(2)17-3/h10-11,15H,4-9H2,1-3H3/t10-,11-/m1/s1. The summed E-state index contributed by atoms with van der Waals surface area (Å²) in [6.45, 7) is 8.02. The lowest BCUT2D eigenvalue weighted by Gasteiger charge is -2.36. The van der Waals surface area contributed by atoms with E-state index in [0.717, 1.165) is 39.1 Å². The molecule has 4 nitrogen and oxygen atoms in total. The van der Waals surface area contributed by atoms with Crippen LogP contribution in [0.2, 0.25) is 0 Å². The second-order valence-corrected chi connectivity index (χ2v) is 5.74. The molecule has 1 fully saturated rings. The van der Waals surface area contributed by atoms with Crippen molar-refractivity contribution in [2.45, 2.75) is 31.6 Å². The molecule has 0 bridgehead atoms. The molecule has 0 radical (unpaired) electrons. The zero-order valence-electron chi connectivity index (χ0n) is 11.1. The van der Waals surface area contributed by atoms with Gasteiger partial charge in [0.1, 0.15) is 0 Å². The first-order chi connectivity index (χ1) is 8.08. The Kier molecular flexibility index (Phi) is 6.30. The maximum atomic E-state index is 12.0. The third-order valence-electron chi connectivity index (χ3n) is 3.33. The van der Waals surface area contributed by atoms with Crippen LogP contribution in [0.15, 0.2) is 0 Å². The first-order valence-corrected chi connectivity index (χ1v) is 7.59. The Morgan fingerprint density at radius 3 is 2.41 bits per heavy atom. The Bertz CT molecular complexity index is 243. The minimum absolute atomic E-state index is 0.0581. The molecule has 0 aromatic carbocycles. The van der Waals surface area contributed by atoms with E-state index >= 15 is 0 Å². The van der Waals surface area contributed by atoms with Crippen molar-refractivity contribution in [2.75, 3.05) is 39.0 Å². The number of amides is 1. The van der Waals surface area contributed by atoms with Crippen LogP contribution in [0, 0.1) is 0 Å². The average molecular weight is 260 g/mol. The van der Waals surface area contributed by atoms with Crippen LogP contribution in [0.25, 0.3) is 0 Å². The topological polar surface area (TPSA) is 43.8 Å². The quantitative estimate of drug-likeness (QED) is 0.788. The van der Waals surface area contributed by atoms with Crippen molar-refractivity contribution in [1.82, 2.24) is 9.80 Å². The van der Waals surface area contributed by atoms with Crippen molar-refractivity contribution in [3.05, 3.63) is 0 Å². The number of rotatable bonds is 5. The number of β-amino-alcohol motifs (C(OH)–C–C–N with tert-alkyl or cyclic N) is 1. The number of carbonyl (C=O) groups excluding carboxylic acids is 1. The minimum atomic E-state index is -0.234. The minimum Gasteiger partial charge on any atom is -0.392 e.